The van der Waals surface area contributed by atoms with E-state index in [-0.39, 0.29) is 5.75 Å². The maximum atomic E-state index is 12.2. The van der Waals surface area contributed by atoms with E-state index in [2.05, 4.69) is 23.1 Å². The molecule has 2 aromatic rings. The molecule has 0 radical (unpaired) electrons. The van der Waals surface area contributed by atoms with Crippen LogP contribution in [-0.2, 0) is 16.3 Å². The number of sulfone groups is 1. The highest BCUT2D eigenvalue weighted by Crippen LogP contribution is 2.27. The third kappa shape index (κ3) is 3.10. The topological polar surface area (TPSA) is 37.4 Å². The molecule has 0 bridgehead atoms. The van der Waals surface area contributed by atoms with Crippen LogP contribution in [0.15, 0.2) is 59.5 Å². The van der Waals surface area contributed by atoms with Crippen LogP contribution >= 0.6 is 0 Å². The highest BCUT2D eigenvalue weighted by Gasteiger charge is 2.19. The SMILES string of the molecule is O=S(=O)(CCCN1CCc2ccccc21)c1ccccc1. The first-order valence-corrected chi connectivity index (χ1v) is 8.93. The molecule has 1 heterocycles. The molecule has 0 atom stereocenters. The van der Waals surface area contributed by atoms with Gasteiger partial charge < -0.3 is 4.90 Å². The lowest BCUT2D eigenvalue weighted by molar-refractivity contribution is 0.593. The molecule has 0 N–H and O–H groups in total. The molecule has 0 saturated heterocycles. The maximum absolute atomic E-state index is 12.2. The molecule has 4 heteroatoms. The molecule has 3 nitrogen and oxygen atoms in total. The van der Waals surface area contributed by atoms with Crippen molar-refractivity contribution in [3.05, 3.63) is 60.2 Å². The average Bonchev–Trinajstić information content (AvgIpc) is 2.92. The van der Waals surface area contributed by atoms with Crippen molar-refractivity contribution in [1.82, 2.24) is 0 Å². The Labute approximate surface area is 126 Å². The average molecular weight is 301 g/mol. The molecule has 0 saturated carbocycles. The molecule has 0 spiro atoms. The second kappa shape index (κ2) is 5.90. The Kier molecular flexibility index (Phi) is 3.97. The monoisotopic (exact) mass is 301 g/mol. The van der Waals surface area contributed by atoms with E-state index >= 15 is 0 Å². The van der Waals surface area contributed by atoms with Gasteiger partial charge >= 0.3 is 0 Å². The van der Waals surface area contributed by atoms with E-state index in [4.69, 9.17) is 0 Å². The summed E-state index contributed by atoms with van der Waals surface area (Å²) in [6.07, 6.45) is 1.72. The Balaban J connectivity index is 1.60. The highest BCUT2D eigenvalue weighted by atomic mass is 32.2. The summed E-state index contributed by atoms with van der Waals surface area (Å²) in [6, 6.07) is 17.1. The molecule has 1 aliphatic rings. The second-order valence-electron chi connectivity index (χ2n) is 5.35. The predicted octanol–water partition coefficient (Wildman–Crippen LogP) is 2.91. The number of hydrogen-bond acceptors (Lipinski definition) is 3. The minimum atomic E-state index is -3.16. The summed E-state index contributed by atoms with van der Waals surface area (Å²) < 4.78 is 24.5. The summed E-state index contributed by atoms with van der Waals surface area (Å²) in [5, 5.41) is 0. The smallest absolute Gasteiger partial charge is 0.178 e. The maximum Gasteiger partial charge on any atom is 0.178 e. The molecule has 21 heavy (non-hydrogen) atoms. The van der Waals surface area contributed by atoms with Gasteiger partial charge in [0.15, 0.2) is 9.84 Å². The number of hydrogen-bond donors (Lipinski definition) is 0. The van der Waals surface area contributed by atoms with Crippen LogP contribution in [0.4, 0.5) is 5.69 Å². The van der Waals surface area contributed by atoms with Crippen molar-refractivity contribution in [1.29, 1.82) is 0 Å². The Morgan fingerprint density at radius 1 is 0.952 bits per heavy atom. The van der Waals surface area contributed by atoms with Gasteiger partial charge in [0.1, 0.15) is 0 Å². The van der Waals surface area contributed by atoms with Crippen molar-refractivity contribution < 1.29 is 8.42 Å². The molecule has 0 amide bonds. The normalized spacial score (nSPS) is 14.2. The van der Waals surface area contributed by atoms with Gasteiger partial charge in [-0.15, -0.1) is 0 Å². The standard InChI is InChI=1S/C17H19NO2S/c19-21(20,16-8-2-1-3-9-16)14-6-12-18-13-11-15-7-4-5-10-17(15)18/h1-5,7-10H,6,11-14H2. The van der Waals surface area contributed by atoms with Crippen molar-refractivity contribution in [3.63, 3.8) is 0 Å². The van der Waals surface area contributed by atoms with E-state index in [1.165, 1.54) is 11.3 Å². The van der Waals surface area contributed by atoms with Crippen molar-refractivity contribution in [2.75, 3.05) is 23.7 Å². The van der Waals surface area contributed by atoms with Crippen LogP contribution in [-0.4, -0.2) is 27.3 Å². The van der Waals surface area contributed by atoms with Crippen LogP contribution in [0, 0.1) is 0 Å². The lowest BCUT2D eigenvalue weighted by Crippen LogP contribution is -2.23. The lowest BCUT2D eigenvalue weighted by Gasteiger charge is -2.19. The van der Waals surface area contributed by atoms with E-state index < -0.39 is 9.84 Å². The first-order valence-electron chi connectivity index (χ1n) is 7.27. The van der Waals surface area contributed by atoms with Gasteiger partial charge in [0.05, 0.1) is 10.6 Å². The Morgan fingerprint density at radius 3 is 2.48 bits per heavy atom. The first kappa shape index (κ1) is 14.1. The zero-order valence-electron chi connectivity index (χ0n) is 11.9. The summed E-state index contributed by atoms with van der Waals surface area (Å²) >= 11 is 0. The van der Waals surface area contributed by atoms with Gasteiger partial charge in [-0.2, -0.15) is 0 Å². The molecule has 0 fully saturated rings. The van der Waals surface area contributed by atoms with Gasteiger partial charge in [-0.25, -0.2) is 8.42 Å². The van der Waals surface area contributed by atoms with Crippen LogP contribution in [0.3, 0.4) is 0 Å². The molecular formula is C17H19NO2S. The number of fused-ring (bicyclic) bond motifs is 1. The number of benzene rings is 2. The summed E-state index contributed by atoms with van der Waals surface area (Å²) in [5.41, 5.74) is 2.62. The van der Waals surface area contributed by atoms with E-state index in [9.17, 15) is 8.42 Å². The zero-order valence-corrected chi connectivity index (χ0v) is 12.7. The van der Waals surface area contributed by atoms with E-state index in [0.29, 0.717) is 11.3 Å². The van der Waals surface area contributed by atoms with Crippen LogP contribution < -0.4 is 4.90 Å². The third-order valence-electron chi connectivity index (χ3n) is 3.93. The van der Waals surface area contributed by atoms with Crippen LogP contribution in [0.2, 0.25) is 0 Å². The first-order chi connectivity index (χ1) is 10.2. The Bertz CT molecular complexity index is 711. The molecule has 2 aromatic carbocycles. The molecule has 0 unspecified atom stereocenters. The van der Waals surface area contributed by atoms with Gasteiger partial charge in [0.2, 0.25) is 0 Å². The molecule has 1 aliphatic heterocycles. The van der Waals surface area contributed by atoms with Gasteiger partial charge in [0.25, 0.3) is 0 Å². The summed E-state index contributed by atoms with van der Waals surface area (Å²) in [5.74, 6) is 0.204. The number of nitrogens with zero attached hydrogens (tertiary/aromatic N) is 1. The Hall–Kier alpha value is -1.81. The van der Waals surface area contributed by atoms with Crippen molar-refractivity contribution >= 4 is 15.5 Å². The highest BCUT2D eigenvalue weighted by molar-refractivity contribution is 7.91. The molecular weight excluding hydrogens is 282 g/mol. The lowest BCUT2D eigenvalue weighted by atomic mass is 10.2. The van der Waals surface area contributed by atoms with Crippen LogP contribution in [0.1, 0.15) is 12.0 Å². The van der Waals surface area contributed by atoms with Gasteiger partial charge in [-0.05, 0) is 36.6 Å². The van der Waals surface area contributed by atoms with Gasteiger partial charge in [-0.1, -0.05) is 36.4 Å². The Morgan fingerprint density at radius 2 is 1.67 bits per heavy atom. The minimum Gasteiger partial charge on any atom is -0.371 e. The molecule has 0 aromatic heterocycles. The zero-order chi connectivity index (χ0) is 14.7. The van der Waals surface area contributed by atoms with Crippen LogP contribution in [0.25, 0.3) is 0 Å². The number of para-hydroxylation sites is 1. The van der Waals surface area contributed by atoms with E-state index in [0.717, 1.165) is 19.5 Å². The largest absolute Gasteiger partial charge is 0.371 e. The fourth-order valence-corrected chi connectivity index (χ4v) is 4.15. The van der Waals surface area contributed by atoms with Gasteiger partial charge in [-0.3, -0.25) is 0 Å². The third-order valence-corrected chi connectivity index (χ3v) is 5.74. The number of rotatable bonds is 5. The summed E-state index contributed by atoms with van der Waals surface area (Å²) in [7, 11) is -3.16. The van der Waals surface area contributed by atoms with Crippen LogP contribution in [0.5, 0.6) is 0 Å². The van der Waals surface area contributed by atoms with Crippen molar-refractivity contribution in [3.8, 4) is 0 Å². The molecule has 3 rings (SSSR count). The van der Waals surface area contributed by atoms with Crippen molar-refractivity contribution in [2.24, 2.45) is 0 Å². The van der Waals surface area contributed by atoms with Gasteiger partial charge in [0, 0.05) is 18.8 Å². The second-order valence-corrected chi connectivity index (χ2v) is 7.46. The minimum absolute atomic E-state index is 0.204. The summed E-state index contributed by atoms with van der Waals surface area (Å²) in [6.45, 7) is 1.79. The molecule has 110 valence electrons. The molecule has 0 aliphatic carbocycles. The number of anilines is 1. The summed E-state index contributed by atoms with van der Waals surface area (Å²) in [4.78, 5) is 2.71. The van der Waals surface area contributed by atoms with E-state index in [1.807, 2.05) is 12.1 Å². The fourth-order valence-electron chi connectivity index (χ4n) is 2.83. The van der Waals surface area contributed by atoms with Crippen molar-refractivity contribution in [2.45, 2.75) is 17.7 Å². The quantitative estimate of drug-likeness (QED) is 0.852. The fraction of sp³-hybridized carbons (Fsp3) is 0.294. The van der Waals surface area contributed by atoms with E-state index in [1.54, 1.807) is 24.3 Å². The predicted molar refractivity (Wildman–Crippen MR) is 85.5 cm³/mol.